The number of ketones is 1. The average molecular weight is 289 g/mol. The molecule has 0 spiro atoms. The maximum Gasteiger partial charge on any atom is 0.130 e. The second-order valence-electron chi connectivity index (χ2n) is 6.04. The number of allylic oxidation sites excluding steroid dienone is 1. The van der Waals surface area contributed by atoms with Crippen molar-refractivity contribution in [3.05, 3.63) is 49.2 Å². The third kappa shape index (κ3) is 6.50. The highest BCUT2D eigenvalue weighted by Crippen LogP contribution is 2.28. The molecule has 1 unspecified atom stereocenters. The van der Waals surface area contributed by atoms with Gasteiger partial charge in [0, 0.05) is 24.0 Å². The van der Waals surface area contributed by atoms with E-state index in [2.05, 4.69) is 31.3 Å². The molecule has 0 saturated carbocycles. The molecule has 0 aromatic carbocycles. The number of carbonyl (C=O) groups excluding carboxylic acids is 1. The maximum absolute atomic E-state index is 11.5. The third-order valence-electron chi connectivity index (χ3n) is 3.32. The molecule has 0 aliphatic rings. The molecular weight excluding hydrogens is 262 g/mol. The zero-order chi connectivity index (χ0) is 16.8. The highest BCUT2D eigenvalue weighted by Gasteiger charge is 2.29. The SMILES string of the molecule is C=CC(=C)/N=C(/CC(O)C(=C)C(=C)C)C(C)(C)CC(C)=O. The van der Waals surface area contributed by atoms with Crippen LogP contribution in [0.15, 0.2) is 54.2 Å². The van der Waals surface area contributed by atoms with Crippen molar-refractivity contribution in [1.82, 2.24) is 0 Å². The van der Waals surface area contributed by atoms with E-state index in [1.807, 2.05) is 13.8 Å². The highest BCUT2D eigenvalue weighted by molar-refractivity contribution is 5.94. The lowest BCUT2D eigenvalue weighted by molar-refractivity contribution is -0.118. The van der Waals surface area contributed by atoms with Gasteiger partial charge in [0.2, 0.25) is 0 Å². The van der Waals surface area contributed by atoms with Crippen LogP contribution in [0.3, 0.4) is 0 Å². The Kier molecular flexibility index (Phi) is 7.23. The molecule has 0 aromatic heterocycles. The quantitative estimate of drug-likeness (QED) is 0.515. The van der Waals surface area contributed by atoms with Gasteiger partial charge >= 0.3 is 0 Å². The van der Waals surface area contributed by atoms with Crippen LogP contribution in [0.1, 0.15) is 40.5 Å². The summed E-state index contributed by atoms with van der Waals surface area (Å²) in [7, 11) is 0. The lowest BCUT2D eigenvalue weighted by Crippen LogP contribution is -2.31. The summed E-state index contributed by atoms with van der Waals surface area (Å²) >= 11 is 0. The molecule has 1 N–H and O–H groups in total. The van der Waals surface area contributed by atoms with E-state index in [1.54, 1.807) is 19.9 Å². The van der Waals surface area contributed by atoms with Gasteiger partial charge in [-0.15, -0.1) is 0 Å². The highest BCUT2D eigenvalue weighted by atomic mass is 16.3. The molecule has 0 fully saturated rings. The van der Waals surface area contributed by atoms with Crippen molar-refractivity contribution >= 4 is 11.5 Å². The molecule has 3 heteroatoms. The van der Waals surface area contributed by atoms with Gasteiger partial charge < -0.3 is 5.11 Å². The van der Waals surface area contributed by atoms with Gasteiger partial charge in [-0.25, -0.2) is 0 Å². The minimum absolute atomic E-state index is 0.0742. The molecule has 0 aliphatic heterocycles. The molecule has 0 aliphatic carbocycles. The van der Waals surface area contributed by atoms with Crippen LogP contribution in [0.25, 0.3) is 0 Å². The first-order chi connectivity index (χ1) is 9.51. The van der Waals surface area contributed by atoms with Gasteiger partial charge in [-0.1, -0.05) is 45.7 Å². The van der Waals surface area contributed by atoms with Crippen LogP contribution in [0.2, 0.25) is 0 Å². The van der Waals surface area contributed by atoms with Gasteiger partial charge in [0.05, 0.1) is 11.8 Å². The number of hydrogen-bond donors (Lipinski definition) is 1. The second kappa shape index (κ2) is 7.89. The summed E-state index contributed by atoms with van der Waals surface area (Å²) in [4.78, 5) is 15.9. The standard InChI is InChI=1S/C18H27NO2/c1-9-13(4)19-17(18(7,8)11-14(5)20)10-16(21)15(6)12(2)3/h9,16,21H,1-2,4,6,10-11H2,3,5,7-8H3/b19-17-. The second-order valence-corrected chi connectivity index (χ2v) is 6.04. The van der Waals surface area contributed by atoms with Crippen LogP contribution >= 0.6 is 0 Å². The van der Waals surface area contributed by atoms with Crippen LogP contribution in [-0.2, 0) is 4.79 Å². The van der Waals surface area contributed by atoms with E-state index in [4.69, 9.17) is 0 Å². The van der Waals surface area contributed by atoms with Crippen LogP contribution in [-0.4, -0.2) is 22.7 Å². The van der Waals surface area contributed by atoms with E-state index < -0.39 is 11.5 Å². The minimum atomic E-state index is -0.773. The molecular formula is C18H27NO2. The summed E-state index contributed by atoms with van der Waals surface area (Å²) in [6.07, 6.45) is 1.41. The molecule has 116 valence electrons. The summed E-state index contributed by atoms with van der Waals surface area (Å²) in [5.74, 6) is 0.0742. The Balaban J connectivity index is 5.45. The van der Waals surface area contributed by atoms with Gasteiger partial charge in [0.1, 0.15) is 5.78 Å². The van der Waals surface area contributed by atoms with Crippen LogP contribution in [0.4, 0.5) is 0 Å². The predicted molar refractivity (Wildman–Crippen MR) is 90.4 cm³/mol. The first-order valence-corrected chi connectivity index (χ1v) is 6.92. The lowest BCUT2D eigenvalue weighted by Gasteiger charge is -2.28. The fraction of sp³-hybridized carbons (Fsp3) is 0.444. The number of rotatable bonds is 9. The third-order valence-corrected chi connectivity index (χ3v) is 3.32. The van der Waals surface area contributed by atoms with Gasteiger partial charge in [0.15, 0.2) is 0 Å². The summed E-state index contributed by atoms with van der Waals surface area (Å²) in [5.41, 5.74) is 2.06. The van der Waals surface area contributed by atoms with Gasteiger partial charge in [-0.2, -0.15) is 0 Å². The van der Waals surface area contributed by atoms with Crippen LogP contribution < -0.4 is 0 Å². The molecule has 3 nitrogen and oxygen atoms in total. The van der Waals surface area contributed by atoms with Crippen molar-refractivity contribution in [3.8, 4) is 0 Å². The fourth-order valence-corrected chi connectivity index (χ4v) is 2.01. The van der Waals surface area contributed by atoms with Gasteiger partial charge in [-0.05, 0) is 25.5 Å². The number of nitrogens with zero attached hydrogens (tertiary/aromatic N) is 1. The zero-order valence-electron chi connectivity index (χ0n) is 13.7. The molecule has 1 atom stereocenters. The average Bonchev–Trinajstić information content (AvgIpc) is 2.34. The van der Waals surface area contributed by atoms with Crippen molar-refractivity contribution < 1.29 is 9.90 Å². The summed E-state index contributed by atoms with van der Waals surface area (Å²) in [6, 6.07) is 0. The molecule has 0 saturated heterocycles. The largest absolute Gasteiger partial charge is 0.388 e. The number of hydrogen-bond acceptors (Lipinski definition) is 3. The summed E-state index contributed by atoms with van der Waals surface area (Å²) < 4.78 is 0. The fourth-order valence-electron chi connectivity index (χ4n) is 2.01. The molecule has 0 aromatic rings. The van der Waals surface area contributed by atoms with E-state index in [-0.39, 0.29) is 5.78 Å². The van der Waals surface area contributed by atoms with Crippen molar-refractivity contribution in [2.75, 3.05) is 0 Å². The van der Waals surface area contributed by atoms with E-state index in [1.165, 1.54) is 0 Å². The Morgan fingerprint density at radius 1 is 1.29 bits per heavy atom. The zero-order valence-corrected chi connectivity index (χ0v) is 13.7. The molecule has 0 radical (unpaired) electrons. The lowest BCUT2D eigenvalue weighted by atomic mass is 9.79. The molecule has 0 rings (SSSR count). The van der Waals surface area contributed by atoms with Crippen molar-refractivity contribution in [2.45, 2.75) is 46.6 Å². The first-order valence-electron chi connectivity index (χ1n) is 6.92. The number of aliphatic imine (C=N–C) groups is 1. The smallest absolute Gasteiger partial charge is 0.130 e. The number of carbonyl (C=O) groups is 1. The first kappa shape index (κ1) is 19.3. The Hall–Kier alpha value is -1.74. The van der Waals surface area contributed by atoms with E-state index >= 15 is 0 Å². The van der Waals surface area contributed by atoms with Crippen LogP contribution in [0, 0.1) is 5.41 Å². The van der Waals surface area contributed by atoms with Gasteiger partial charge in [0.25, 0.3) is 0 Å². The van der Waals surface area contributed by atoms with E-state index in [0.29, 0.717) is 29.8 Å². The van der Waals surface area contributed by atoms with Crippen molar-refractivity contribution in [3.63, 3.8) is 0 Å². The van der Waals surface area contributed by atoms with Crippen molar-refractivity contribution in [1.29, 1.82) is 0 Å². The molecule has 0 heterocycles. The van der Waals surface area contributed by atoms with Crippen molar-refractivity contribution in [2.24, 2.45) is 10.4 Å². The van der Waals surface area contributed by atoms with Gasteiger partial charge in [-0.3, -0.25) is 9.79 Å². The minimum Gasteiger partial charge on any atom is -0.388 e. The number of Topliss-reactive ketones (excluding diaryl/α,β-unsaturated/α-hetero) is 1. The normalized spacial score (nSPS) is 13.5. The summed E-state index contributed by atoms with van der Waals surface area (Å²) in [5, 5.41) is 10.3. The Morgan fingerprint density at radius 3 is 2.19 bits per heavy atom. The van der Waals surface area contributed by atoms with E-state index in [9.17, 15) is 9.90 Å². The summed E-state index contributed by atoms with van der Waals surface area (Å²) in [6.45, 7) is 22.2. The number of aliphatic hydroxyl groups is 1. The molecule has 21 heavy (non-hydrogen) atoms. The monoisotopic (exact) mass is 289 g/mol. The Bertz CT molecular complexity index is 495. The Labute approximate surface area is 128 Å². The predicted octanol–water partition coefficient (Wildman–Crippen LogP) is 4.02. The Morgan fingerprint density at radius 2 is 1.81 bits per heavy atom. The van der Waals surface area contributed by atoms with Crippen LogP contribution in [0.5, 0.6) is 0 Å². The molecule has 0 bridgehead atoms. The number of aliphatic hydroxyl groups excluding tert-OH is 1. The maximum atomic E-state index is 11.5. The topological polar surface area (TPSA) is 49.7 Å². The van der Waals surface area contributed by atoms with E-state index in [0.717, 1.165) is 5.57 Å². The molecule has 0 amide bonds.